The molecular weight excluding hydrogens is 312 g/mol. The van der Waals surface area contributed by atoms with Crippen LogP contribution in [-0.4, -0.2) is 48.4 Å². The Labute approximate surface area is 139 Å². The van der Waals surface area contributed by atoms with E-state index in [1.54, 1.807) is 0 Å². The summed E-state index contributed by atoms with van der Waals surface area (Å²) in [7, 11) is -3.24. The predicted molar refractivity (Wildman–Crippen MR) is 91.3 cm³/mol. The molecule has 0 radical (unpaired) electrons. The molecule has 0 spiro atoms. The number of sulfonamides is 1. The van der Waals surface area contributed by atoms with Gasteiger partial charge < -0.3 is 4.90 Å². The van der Waals surface area contributed by atoms with Gasteiger partial charge in [0, 0.05) is 31.6 Å². The molecule has 1 aromatic rings. The molecule has 1 amide bonds. The first kappa shape index (κ1) is 17.9. The quantitative estimate of drug-likeness (QED) is 0.730. The molecule has 1 fully saturated rings. The fourth-order valence-electron chi connectivity index (χ4n) is 2.67. The van der Waals surface area contributed by atoms with Gasteiger partial charge in [0.05, 0.1) is 6.26 Å². The van der Waals surface area contributed by atoms with Gasteiger partial charge in [-0.3, -0.25) is 4.79 Å². The van der Waals surface area contributed by atoms with Crippen LogP contribution >= 0.6 is 0 Å². The lowest BCUT2D eigenvalue weighted by Gasteiger charge is -2.28. The first-order valence-corrected chi connectivity index (χ1v) is 9.94. The minimum Gasteiger partial charge on any atom is -0.336 e. The minimum absolute atomic E-state index is 0.00171. The van der Waals surface area contributed by atoms with Crippen molar-refractivity contribution in [2.45, 2.75) is 51.7 Å². The molecule has 0 saturated heterocycles. The van der Waals surface area contributed by atoms with Crippen LogP contribution in [0.4, 0.5) is 0 Å². The number of carbonyl (C=O) groups excluding carboxylic acids is 1. The lowest BCUT2D eigenvalue weighted by Crippen LogP contribution is -2.40. The molecule has 23 heavy (non-hydrogen) atoms. The summed E-state index contributed by atoms with van der Waals surface area (Å²) in [5, 5.41) is 0. The van der Waals surface area contributed by atoms with Gasteiger partial charge in [-0.05, 0) is 32.3 Å². The number of hydrogen-bond acceptors (Lipinski definition) is 3. The molecule has 0 aliphatic heterocycles. The second kappa shape index (κ2) is 7.45. The first-order valence-electron chi connectivity index (χ1n) is 8.09. The average Bonchev–Trinajstić information content (AvgIpc) is 3.28. The van der Waals surface area contributed by atoms with Gasteiger partial charge in [-0.2, -0.15) is 4.31 Å². The van der Waals surface area contributed by atoms with Crippen LogP contribution in [0.5, 0.6) is 0 Å². The fourth-order valence-corrected chi connectivity index (χ4v) is 3.85. The Morgan fingerprint density at radius 3 is 2.30 bits per heavy atom. The number of nitrogens with zero attached hydrogens (tertiary/aromatic N) is 2. The molecule has 1 aliphatic rings. The van der Waals surface area contributed by atoms with Crippen molar-refractivity contribution in [3.8, 4) is 0 Å². The highest BCUT2D eigenvalue weighted by atomic mass is 32.2. The van der Waals surface area contributed by atoms with Crippen LogP contribution in [0.25, 0.3) is 0 Å². The van der Waals surface area contributed by atoms with Crippen molar-refractivity contribution >= 4 is 15.9 Å². The second-order valence-corrected chi connectivity index (χ2v) is 8.39. The Morgan fingerprint density at radius 1 is 1.22 bits per heavy atom. The number of hydrogen-bond donors (Lipinski definition) is 0. The largest absolute Gasteiger partial charge is 0.336 e. The molecule has 0 aromatic heterocycles. The monoisotopic (exact) mass is 338 g/mol. The SMILES string of the molecule is CC(C)N(Cc1ccccc1)C(=O)CCN(C1CC1)S(C)(=O)=O. The highest BCUT2D eigenvalue weighted by Gasteiger charge is 2.35. The van der Waals surface area contributed by atoms with Gasteiger partial charge in [-0.25, -0.2) is 8.42 Å². The third-order valence-corrected chi connectivity index (χ3v) is 5.40. The summed E-state index contributed by atoms with van der Waals surface area (Å²) in [5.41, 5.74) is 1.08. The van der Waals surface area contributed by atoms with Crippen LogP contribution in [0.2, 0.25) is 0 Å². The van der Waals surface area contributed by atoms with E-state index in [0.717, 1.165) is 18.4 Å². The number of benzene rings is 1. The smallest absolute Gasteiger partial charge is 0.224 e. The molecule has 1 saturated carbocycles. The van der Waals surface area contributed by atoms with E-state index >= 15 is 0 Å². The van der Waals surface area contributed by atoms with Gasteiger partial charge in [0.15, 0.2) is 0 Å². The maximum atomic E-state index is 12.6. The number of rotatable bonds is 8. The Hall–Kier alpha value is -1.40. The van der Waals surface area contributed by atoms with Gasteiger partial charge in [-0.15, -0.1) is 0 Å². The molecule has 128 valence electrons. The van der Waals surface area contributed by atoms with Gasteiger partial charge in [0.2, 0.25) is 15.9 Å². The molecule has 1 aliphatic carbocycles. The summed E-state index contributed by atoms with van der Waals surface area (Å²) < 4.78 is 25.1. The molecule has 0 bridgehead atoms. The zero-order valence-corrected chi connectivity index (χ0v) is 14.9. The van der Waals surface area contributed by atoms with Gasteiger partial charge in [0.25, 0.3) is 0 Å². The molecule has 0 N–H and O–H groups in total. The molecule has 0 atom stereocenters. The van der Waals surface area contributed by atoms with Crippen molar-refractivity contribution in [1.29, 1.82) is 0 Å². The summed E-state index contributed by atoms with van der Waals surface area (Å²) in [4.78, 5) is 14.4. The summed E-state index contributed by atoms with van der Waals surface area (Å²) in [6, 6.07) is 10.0. The van der Waals surface area contributed by atoms with E-state index in [1.807, 2.05) is 49.1 Å². The fraction of sp³-hybridized carbons (Fsp3) is 0.588. The van der Waals surface area contributed by atoms with E-state index in [0.29, 0.717) is 6.54 Å². The maximum absolute atomic E-state index is 12.6. The molecule has 0 heterocycles. The zero-order chi connectivity index (χ0) is 17.0. The molecule has 0 unspecified atom stereocenters. The standard InChI is InChI=1S/C17H26N2O3S/c1-14(2)18(13-15-7-5-4-6-8-15)17(20)11-12-19(16-9-10-16)23(3,21)22/h4-8,14,16H,9-13H2,1-3H3. The molecule has 5 nitrogen and oxygen atoms in total. The van der Waals surface area contributed by atoms with E-state index in [4.69, 9.17) is 0 Å². The second-order valence-electron chi connectivity index (χ2n) is 6.46. The van der Waals surface area contributed by atoms with Crippen LogP contribution in [0.1, 0.15) is 38.7 Å². The van der Waals surface area contributed by atoms with Crippen molar-refractivity contribution in [3.05, 3.63) is 35.9 Å². The lowest BCUT2D eigenvalue weighted by molar-refractivity contribution is -0.133. The summed E-state index contributed by atoms with van der Waals surface area (Å²) in [6.07, 6.45) is 3.26. The van der Waals surface area contributed by atoms with Crippen molar-refractivity contribution in [3.63, 3.8) is 0 Å². The van der Waals surface area contributed by atoms with E-state index in [9.17, 15) is 13.2 Å². The first-order chi connectivity index (χ1) is 10.8. The Morgan fingerprint density at radius 2 is 1.83 bits per heavy atom. The van der Waals surface area contributed by atoms with Crippen LogP contribution in [0, 0.1) is 0 Å². The highest BCUT2D eigenvalue weighted by Crippen LogP contribution is 2.29. The normalized spacial score (nSPS) is 15.2. The van der Waals surface area contributed by atoms with Crippen LogP contribution < -0.4 is 0 Å². The van der Waals surface area contributed by atoms with Crippen LogP contribution in [-0.2, 0) is 21.4 Å². The van der Waals surface area contributed by atoms with Crippen LogP contribution in [0.3, 0.4) is 0 Å². The Bertz CT molecular complexity index is 624. The molecule has 1 aromatic carbocycles. The maximum Gasteiger partial charge on any atom is 0.224 e. The van der Waals surface area contributed by atoms with Crippen molar-refractivity contribution in [2.75, 3.05) is 12.8 Å². The summed E-state index contributed by atoms with van der Waals surface area (Å²) in [6.45, 7) is 4.80. The predicted octanol–water partition coefficient (Wildman–Crippen LogP) is 2.24. The van der Waals surface area contributed by atoms with Gasteiger partial charge >= 0.3 is 0 Å². The van der Waals surface area contributed by atoms with E-state index in [1.165, 1.54) is 10.6 Å². The molecule has 2 rings (SSSR count). The Balaban J connectivity index is 1.98. The number of carbonyl (C=O) groups is 1. The van der Waals surface area contributed by atoms with Crippen molar-refractivity contribution in [1.82, 2.24) is 9.21 Å². The number of amides is 1. The topological polar surface area (TPSA) is 57.7 Å². The van der Waals surface area contributed by atoms with E-state index in [2.05, 4.69) is 0 Å². The summed E-state index contributed by atoms with van der Waals surface area (Å²) >= 11 is 0. The van der Waals surface area contributed by atoms with Crippen molar-refractivity contribution in [2.24, 2.45) is 0 Å². The summed E-state index contributed by atoms with van der Waals surface area (Å²) in [5.74, 6) is -0.00171. The van der Waals surface area contributed by atoms with Gasteiger partial charge in [0.1, 0.15) is 0 Å². The zero-order valence-electron chi connectivity index (χ0n) is 14.1. The van der Waals surface area contributed by atoms with Gasteiger partial charge in [-0.1, -0.05) is 30.3 Å². The average molecular weight is 338 g/mol. The van der Waals surface area contributed by atoms with E-state index < -0.39 is 10.0 Å². The van der Waals surface area contributed by atoms with Crippen molar-refractivity contribution < 1.29 is 13.2 Å². The molecular formula is C17H26N2O3S. The Kier molecular flexibility index (Phi) is 5.81. The molecule has 6 heteroatoms. The highest BCUT2D eigenvalue weighted by molar-refractivity contribution is 7.88. The minimum atomic E-state index is -3.24. The third-order valence-electron chi connectivity index (χ3n) is 4.07. The lowest BCUT2D eigenvalue weighted by atomic mass is 10.1. The van der Waals surface area contributed by atoms with Crippen LogP contribution in [0.15, 0.2) is 30.3 Å². The third kappa shape index (κ3) is 5.32. The van der Waals surface area contributed by atoms with E-state index in [-0.39, 0.29) is 31.0 Å².